The van der Waals surface area contributed by atoms with Crippen LogP contribution < -0.4 is 5.32 Å². The first kappa shape index (κ1) is 14.2. The number of hydrogen-bond donors (Lipinski definition) is 1. The first-order valence-corrected chi connectivity index (χ1v) is 7.26. The third-order valence-electron chi connectivity index (χ3n) is 2.74. The smallest absolute Gasteiger partial charge is 0.140 e. The maximum absolute atomic E-state index is 4.30. The van der Waals surface area contributed by atoms with Crippen LogP contribution in [0.3, 0.4) is 0 Å². The first-order valence-electron chi connectivity index (χ1n) is 6.47. The largest absolute Gasteiger partial charge is 0.306 e. The third-order valence-corrected chi connectivity index (χ3v) is 3.23. The lowest BCUT2D eigenvalue weighted by Gasteiger charge is -2.09. The van der Waals surface area contributed by atoms with Crippen LogP contribution >= 0.6 is 15.9 Å². The van der Waals surface area contributed by atoms with Crippen molar-refractivity contribution in [1.82, 2.24) is 20.1 Å². The van der Waals surface area contributed by atoms with Gasteiger partial charge in [0.2, 0.25) is 0 Å². The highest BCUT2D eigenvalue weighted by Gasteiger charge is 2.05. The third kappa shape index (κ3) is 4.44. The summed E-state index contributed by atoms with van der Waals surface area (Å²) in [6.45, 7) is 6.84. The van der Waals surface area contributed by atoms with E-state index in [0.717, 1.165) is 29.9 Å². The molecule has 1 N–H and O–H groups in total. The van der Waals surface area contributed by atoms with Gasteiger partial charge in [0.1, 0.15) is 12.2 Å². The lowest BCUT2D eigenvalue weighted by atomic mass is 10.2. The van der Waals surface area contributed by atoms with Crippen LogP contribution in [0.15, 0.2) is 35.1 Å². The number of nitrogens with zero attached hydrogens (tertiary/aromatic N) is 3. The van der Waals surface area contributed by atoms with E-state index in [1.165, 1.54) is 5.56 Å². The average Bonchev–Trinajstić information content (AvgIpc) is 2.76. The minimum Gasteiger partial charge on any atom is -0.306 e. The maximum Gasteiger partial charge on any atom is 0.140 e. The quantitative estimate of drug-likeness (QED) is 0.889. The van der Waals surface area contributed by atoms with Crippen molar-refractivity contribution in [3.05, 3.63) is 46.5 Å². The topological polar surface area (TPSA) is 42.7 Å². The minimum atomic E-state index is 0.575. The van der Waals surface area contributed by atoms with E-state index in [4.69, 9.17) is 0 Å². The molecule has 1 aromatic carbocycles. The van der Waals surface area contributed by atoms with Crippen molar-refractivity contribution < 1.29 is 0 Å². The predicted octanol–water partition coefficient (Wildman–Crippen LogP) is 2.99. The average molecular weight is 323 g/mol. The summed E-state index contributed by atoms with van der Waals surface area (Å²) < 4.78 is 3.08. The Kier molecular flexibility index (Phi) is 5.10. The number of halogens is 1. The van der Waals surface area contributed by atoms with Crippen molar-refractivity contribution in [2.75, 3.05) is 0 Å². The van der Waals surface area contributed by atoms with Crippen LogP contribution in [0.25, 0.3) is 0 Å². The Morgan fingerprint density at radius 2 is 2.16 bits per heavy atom. The van der Waals surface area contributed by atoms with E-state index >= 15 is 0 Å². The molecule has 0 spiro atoms. The van der Waals surface area contributed by atoms with Crippen LogP contribution in [0, 0.1) is 5.92 Å². The van der Waals surface area contributed by atoms with Crippen molar-refractivity contribution in [2.45, 2.75) is 33.5 Å². The zero-order valence-electron chi connectivity index (χ0n) is 11.3. The fourth-order valence-corrected chi connectivity index (χ4v) is 2.34. The van der Waals surface area contributed by atoms with Gasteiger partial charge in [-0.05, 0) is 23.6 Å². The standard InChI is InChI=1S/C14H19BrN4/c1-11(2)9-19-14(17-10-18-19)8-16-7-12-4-3-5-13(15)6-12/h3-6,10-11,16H,7-9H2,1-2H3. The Morgan fingerprint density at radius 3 is 2.89 bits per heavy atom. The zero-order valence-corrected chi connectivity index (χ0v) is 12.9. The van der Waals surface area contributed by atoms with Crippen LogP contribution in [0.2, 0.25) is 0 Å². The summed E-state index contributed by atoms with van der Waals surface area (Å²) in [5, 5.41) is 7.65. The van der Waals surface area contributed by atoms with Gasteiger partial charge in [0.25, 0.3) is 0 Å². The van der Waals surface area contributed by atoms with E-state index in [1.54, 1.807) is 6.33 Å². The molecule has 0 fully saturated rings. The highest BCUT2D eigenvalue weighted by Crippen LogP contribution is 2.11. The molecule has 0 unspecified atom stereocenters. The summed E-state index contributed by atoms with van der Waals surface area (Å²) in [4.78, 5) is 4.30. The monoisotopic (exact) mass is 322 g/mol. The summed E-state index contributed by atoms with van der Waals surface area (Å²) in [5.74, 6) is 1.56. The number of nitrogens with one attached hydrogen (secondary N) is 1. The molecule has 0 aliphatic carbocycles. The summed E-state index contributed by atoms with van der Waals surface area (Å²) in [6.07, 6.45) is 1.62. The number of hydrogen-bond acceptors (Lipinski definition) is 3. The molecular weight excluding hydrogens is 304 g/mol. The molecule has 0 aliphatic heterocycles. The van der Waals surface area contributed by atoms with Crippen LogP contribution in [-0.2, 0) is 19.6 Å². The molecule has 0 saturated heterocycles. The van der Waals surface area contributed by atoms with E-state index in [1.807, 2.05) is 16.8 Å². The molecule has 2 aromatic rings. The summed E-state index contributed by atoms with van der Waals surface area (Å²) in [6, 6.07) is 8.30. The van der Waals surface area contributed by atoms with Crippen molar-refractivity contribution in [1.29, 1.82) is 0 Å². The van der Waals surface area contributed by atoms with Gasteiger partial charge < -0.3 is 5.32 Å². The predicted molar refractivity (Wildman–Crippen MR) is 79.5 cm³/mol. The summed E-state index contributed by atoms with van der Waals surface area (Å²) in [7, 11) is 0. The molecule has 102 valence electrons. The SMILES string of the molecule is CC(C)Cn1ncnc1CNCc1cccc(Br)c1. The lowest BCUT2D eigenvalue weighted by molar-refractivity contribution is 0.457. The second-order valence-corrected chi connectivity index (χ2v) is 5.90. The van der Waals surface area contributed by atoms with Crippen molar-refractivity contribution >= 4 is 15.9 Å². The van der Waals surface area contributed by atoms with E-state index in [2.05, 4.69) is 57.3 Å². The molecule has 0 saturated carbocycles. The van der Waals surface area contributed by atoms with Gasteiger partial charge in [-0.1, -0.05) is 41.9 Å². The zero-order chi connectivity index (χ0) is 13.7. The van der Waals surface area contributed by atoms with Gasteiger partial charge >= 0.3 is 0 Å². The Labute approximate surface area is 122 Å². The molecule has 0 aliphatic rings. The molecular formula is C14H19BrN4. The van der Waals surface area contributed by atoms with Crippen LogP contribution in [0.5, 0.6) is 0 Å². The van der Waals surface area contributed by atoms with Gasteiger partial charge in [-0.25, -0.2) is 9.67 Å². The van der Waals surface area contributed by atoms with E-state index in [9.17, 15) is 0 Å². The summed E-state index contributed by atoms with van der Waals surface area (Å²) in [5.41, 5.74) is 1.25. The van der Waals surface area contributed by atoms with E-state index in [0.29, 0.717) is 5.92 Å². The van der Waals surface area contributed by atoms with Crippen molar-refractivity contribution in [2.24, 2.45) is 5.92 Å². The van der Waals surface area contributed by atoms with Gasteiger partial charge in [-0.15, -0.1) is 0 Å². The van der Waals surface area contributed by atoms with Crippen LogP contribution in [-0.4, -0.2) is 14.8 Å². The number of aromatic nitrogens is 3. The maximum atomic E-state index is 4.30. The van der Waals surface area contributed by atoms with Gasteiger partial charge in [0.15, 0.2) is 0 Å². The molecule has 4 nitrogen and oxygen atoms in total. The fraction of sp³-hybridized carbons (Fsp3) is 0.429. The molecule has 0 bridgehead atoms. The van der Waals surface area contributed by atoms with Gasteiger partial charge in [0, 0.05) is 17.6 Å². The van der Waals surface area contributed by atoms with Gasteiger partial charge in [-0.3, -0.25) is 0 Å². The van der Waals surface area contributed by atoms with Crippen molar-refractivity contribution in [3.8, 4) is 0 Å². The Morgan fingerprint density at radius 1 is 1.32 bits per heavy atom. The Hall–Kier alpha value is -1.20. The molecule has 5 heteroatoms. The van der Waals surface area contributed by atoms with Crippen LogP contribution in [0.1, 0.15) is 25.2 Å². The van der Waals surface area contributed by atoms with Crippen molar-refractivity contribution in [3.63, 3.8) is 0 Å². The van der Waals surface area contributed by atoms with E-state index < -0.39 is 0 Å². The normalized spacial score (nSPS) is 11.2. The first-order chi connectivity index (χ1) is 9.15. The number of benzene rings is 1. The molecule has 0 amide bonds. The second-order valence-electron chi connectivity index (χ2n) is 4.99. The molecule has 0 atom stereocenters. The van der Waals surface area contributed by atoms with Gasteiger partial charge in [-0.2, -0.15) is 5.10 Å². The lowest BCUT2D eigenvalue weighted by Crippen LogP contribution is -2.18. The minimum absolute atomic E-state index is 0.575. The molecule has 1 heterocycles. The molecule has 2 rings (SSSR count). The van der Waals surface area contributed by atoms with Crippen LogP contribution in [0.4, 0.5) is 0 Å². The molecule has 0 radical (unpaired) electrons. The second kappa shape index (κ2) is 6.82. The Balaban J connectivity index is 1.87. The highest BCUT2D eigenvalue weighted by atomic mass is 79.9. The Bertz CT molecular complexity index is 522. The van der Waals surface area contributed by atoms with E-state index in [-0.39, 0.29) is 0 Å². The molecule has 1 aromatic heterocycles. The summed E-state index contributed by atoms with van der Waals surface area (Å²) >= 11 is 3.48. The number of rotatable bonds is 6. The highest BCUT2D eigenvalue weighted by molar-refractivity contribution is 9.10. The molecule has 19 heavy (non-hydrogen) atoms. The van der Waals surface area contributed by atoms with Gasteiger partial charge in [0.05, 0.1) is 6.54 Å². The fourth-order valence-electron chi connectivity index (χ4n) is 1.89.